The maximum Gasteiger partial charge on any atom is 0.191 e. The first-order valence-corrected chi connectivity index (χ1v) is 11.1. The maximum atomic E-state index is 5.95. The molecule has 2 N–H and O–H groups in total. The number of morpholine rings is 1. The minimum atomic E-state index is 0.137. The molecule has 1 saturated carbocycles. The van der Waals surface area contributed by atoms with Crippen molar-refractivity contribution >= 4 is 5.96 Å². The topological polar surface area (TPSA) is 71.3 Å². The molecular weight excluding hydrogens is 368 g/mol. The van der Waals surface area contributed by atoms with E-state index in [1.54, 1.807) is 6.26 Å². The largest absolute Gasteiger partial charge is 0.469 e. The molecule has 4 rings (SSSR count). The molecule has 3 fully saturated rings. The summed E-state index contributed by atoms with van der Waals surface area (Å²) in [4.78, 5) is 7.36. The Morgan fingerprint density at radius 2 is 2.14 bits per heavy atom. The van der Waals surface area contributed by atoms with Crippen LogP contribution in [-0.2, 0) is 15.9 Å². The van der Waals surface area contributed by atoms with Gasteiger partial charge in [-0.2, -0.15) is 0 Å². The van der Waals surface area contributed by atoms with E-state index in [0.717, 1.165) is 83.5 Å². The zero-order valence-electron chi connectivity index (χ0n) is 17.9. The average Bonchev–Trinajstić information content (AvgIpc) is 3.40. The summed E-state index contributed by atoms with van der Waals surface area (Å²) >= 11 is 0. The predicted molar refractivity (Wildman–Crippen MR) is 113 cm³/mol. The average molecular weight is 405 g/mol. The summed E-state index contributed by atoms with van der Waals surface area (Å²) in [5.74, 6) is 2.51. The quantitative estimate of drug-likeness (QED) is 0.392. The normalized spacial score (nSPS) is 29.3. The zero-order chi connectivity index (χ0) is 20.1. The maximum absolute atomic E-state index is 5.95. The molecule has 29 heavy (non-hydrogen) atoms. The van der Waals surface area contributed by atoms with Crippen molar-refractivity contribution < 1.29 is 13.9 Å². The molecule has 0 spiro atoms. The Kier molecular flexibility index (Phi) is 6.77. The lowest BCUT2D eigenvalue weighted by atomic mass is 9.57. The second kappa shape index (κ2) is 9.49. The molecule has 0 aromatic carbocycles. The van der Waals surface area contributed by atoms with Crippen LogP contribution in [0.2, 0.25) is 0 Å². The summed E-state index contributed by atoms with van der Waals surface area (Å²) in [6.07, 6.45) is 5.16. The van der Waals surface area contributed by atoms with Gasteiger partial charge in [0.25, 0.3) is 0 Å². The Balaban J connectivity index is 1.30. The highest BCUT2D eigenvalue weighted by Crippen LogP contribution is 2.52. The van der Waals surface area contributed by atoms with Gasteiger partial charge in [-0.1, -0.05) is 13.8 Å². The Labute approximate surface area is 174 Å². The van der Waals surface area contributed by atoms with Crippen LogP contribution in [0.1, 0.15) is 32.4 Å². The fraction of sp³-hybridized carbons (Fsp3) is 0.773. The Morgan fingerprint density at radius 3 is 2.93 bits per heavy atom. The molecule has 162 valence electrons. The first-order valence-electron chi connectivity index (χ1n) is 11.1. The Bertz CT molecular complexity index is 655. The molecule has 3 unspecified atom stereocenters. The molecule has 3 atom stereocenters. The molecular formula is C22H36N4O3. The lowest BCUT2D eigenvalue weighted by Gasteiger charge is -2.54. The third kappa shape index (κ3) is 4.95. The smallest absolute Gasteiger partial charge is 0.191 e. The van der Waals surface area contributed by atoms with Crippen LogP contribution in [0.5, 0.6) is 0 Å². The molecule has 0 amide bonds. The molecule has 1 aromatic heterocycles. The van der Waals surface area contributed by atoms with E-state index in [2.05, 4.69) is 29.4 Å². The first-order chi connectivity index (χ1) is 14.1. The van der Waals surface area contributed by atoms with Gasteiger partial charge in [0, 0.05) is 63.1 Å². The number of nitrogens with zero attached hydrogens (tertiary/aromatic N) is 2. The third-order valence-corrected chi connectivity index (χ3v) is 6.64. The second-order valence-corrected chi connectivity index (χ2v) is 8.98. The molecule has 7 nitrogen and oxygen atoms in total. The van der Waals surface area contributed by atoms with E-state index in [1.165, 1.54) is 0 Å². The van der Waals surface area contributed by atoms with Crippen LogP contribution in [0.4, 0.5) is 0 Å². The van der Waals surface area contributed by atoms with Crippen molar-refractivity contribution in [2.45, 2.75) is 45.3 Å². The van der Waals surface area contributed by atoms with Crippen molar-refractivity contribution in [1.29, 1.82) is 0 Å². The van der Waals surface area contributed by atoms with Crippen LogP contribution in [0, 0.1) is 11.3 Å². The van der Waals surface area contributed by atoms with Gasteiger partial charge in [-0.15, -0.1) is 0 Å². The minimum Gasteiger partial charge on any atom is -0.469 e. The Hall–Kier alpha value is -1.57. The fourth-order valence-corrected chi connectivity index (χ4v) is 4.99. The van der Waals surface area contributed by atoms with Gasteiger partial charge in [0.15, 0.2) is 5.96 Å². The molecule has 1 aliphatic carbocycles. The van der Waals surface area contributed by atoms with Crippen molar-refractivity contribution in [2.75, 3.05) is 52.5 Å². The van der Waals surface area contributed by atoms with E-state index in [-0.39, 0.29) is 5.41 Å². The zero-order valence-corrected chi connectivity index (χ0v) is 17.9. The molecule has 3 aliphatic rings. The molecule has 0 bridgehead atoms. The van der Waals surface area contributed by atoms with Crippen molar-refractivity contribution in [3.63, 3.8) is 0 Å². The lowest BCUT2D eigenvalue weighted by molar-refractivity contribution is -0.106. The highest BCUT2D eigenvalue weighted by molar-refractivity contribution is 5.80. The van der Waals surface area contributed by atoms with Crippen LogP contribution < -0.4 is 10.6 Å². The SMILES string of the molecule is CC1(C)C(NC(=NCCCN2CCOCC2)NCCc2ccco2)C2CCOC21. The number of guanidine groups is 1. The number of furan rings is 1. The number of rotatable bonds is 8. The van der Waals surface area contributed by atoms with E-state index < -0.39 is 0 Å². The highest BCUT2D eigenvalue weighted by Gasteiger charge is 2.59. The van der Waals surface area contributed by atoms with Gasteiger partial charge in [-0.05, 0) is 25.0 Å². The summed E-state index contributed by atoms with van der Waals surface area (Å²) < 4.78 is 16.8. The van der Waals surface area contributed by atoms with Crippen LogP contribution >= 0.6 is 0 Å². The van der Waals surface area contributed by atoms with Gasteiger partial charge in [0.05, 0.1) is 25.6 Å². The van der Waals surface area contributed by atoms with Gasteiger partial charge >= 0.3 is 0 Å². The number of hydrogen-bond donors (Lipinski definition) is 2. The van der Waals surface area contributed by atoms with Gasteiger partial charge in [0.1, 0.15) is 5.76 Å². The molecule has 2 saturated heterocycles. The van der Waals surface area contributed by atoms with Crippen LogP contribution in [-0.4, -0.2) is 75.5 Å². The van der Waals surface area contributed by atoms with E-state index in [1.807, 2.05) is 12.1 Å². The standard InChI is InChI=1S/C22H36N4O3/c1-22(2)19(18-7-14-29-20(18)22)25-21(24-9-6-17-5-3-13-28-17)23-8-4-10-26-11-15-27-16-12-26/h3,5,13,18-20H,4,6-12,14-16H2,1-2H3,(H2,23,24,25). The number of ether oxygens (including phenoxy) is 2. The van der Waals surface area contributed by atoms with Crippen molar-refractivity contribution in [3.8, 4) is 0 Å². The number of fused-ring (bicyclic) bond motifs is 1. The van der Waals surface area contributed by atoms with E-state index in [0.29, 0.717) is 18.1 Å². The Morgan fingerprint density at radius 1 is 1.28 bits per heavy atom. The van der Waals surface area contributed by atoms with Crippen LogP contribution in [0.3, 0.4) is 0 Å². The molecule has 7 heteroatoms. The second-order valence-electron chi connectivity index (χ2n) is 8.98. The number of hydrogen-bond acceptors (Lipinski definition) is 5. The van der Waals surface area contributed by atoms with Crippen molar-refractivity contribution in [3.05, 3.63) is 24.2 Å². The number of nitrogens with one attached hydrogen (secondary N) is 2. The minimum absolute atomic E-state index is 0.137. The summed E-state index contributed by atoms with van der Waals surface area (Å²) in [5.41, 5.74) is 0.137. The van der Waals surface area contributed by atoms with Crippen molar-refractivity contribution in [1.82, 2.24) is 15.5 Å². The molecule has 0 radical (unpaired) electrons. The van der Waals surface area contributed by atoms with Gasteiger partial charge in [-0.25, -0.2) is 0 Å². The van der Waals surface area contributed by atoms with E-state index in [9.17, 15) is 0 Å². The van der Waals surface area contributed by atoms with Gasteiger partial charge in [0.2, 0.25) is 0 Å². The molecule has 2 aliphatic heterocycles. The van der Waals surface area contributed by atoms with Crippen molar-refractivity contribution in [2.24, 2.45) is 16.3 Å². The highest BCUT2D eigenvalue weighted by atomic mass is 16.5. The molecule has 1 aromatic rings. The number of aliphatic imine (C=N–C) groups is 1. The van der Waals surface area contributed by atoms with Gasteiger partial charge < -0.3 is 24.5 Å². The van der Waals surface area contributed by atoms with E-state index >= 15 is 0 Å². The third-order valence-electron chi connectivity index (χ3n) is 6.64. The van der Waals surface area contributed by atoms with Gasteiger partial charge in [-0.3, -0.25) is 9.89 Å². The molecule has 3 heterocycles. The summed E-state index contributed by atoms with van der Waals surface area (Å²) in [5, 5.41) is 7.25. The van der Waals surface area contributed by atoms with E-state index in [4.69, 9.17) is 18.9 Å². The first kappa shape index (κ1) is 20.7. The predicted octanol–water partition coefficient (Wildman–Crippen LogP) is 1.89. The summed E-state index contributed by atoms with van der Waals surface area (Å²) in [6, 6.07) is 4.36. The fourth-order valence-electron chi connectivity index (χ4n) is 4.99. The summed E-state index contributed by atoms with van der Waals surface area (Å²) in [7, 11) is 0. The van der Waals surface area contributed by atoms with Crippen LogP contribution in [0.25, 0.3) is 0 Å². The monoisotopic (exact) mass is 404 g/mol. The summed E-state index contributed by atoms with van der Waals surface area (Å²) in [6.45, 7) is 12.0. The van der Waals surface area contributed by atoms with Crippen LogP contribution in [0.15, 0.2) is 27.8 Å². The lowest BCUT2D eigenvalue weighted by Crippen LogP contribution is -2.68.